The minimum atomic E-state index is 0.426. The highest BCUT2D eigenvalue weighted by molar-refractivity contribution is 7.80. The van der Waals surface area contributed by atoms with Crippen LogP contribution in [0.2, 0.25) is 0 Å². The Bertz CT molecular complexity index is 332. The molecule has 0 fully saturated rings. The smallest absolute Gasteiger partial charge is 0.170 e. The van der Waals surface area contributed by atoms with Gasteiger partial charge in [0.1, 0.15) is 0 Å². The Kier molecular flexibility index (Phi) is 5.26. The Balaban J connectivity index is 2.42. The molecule has 2 nitrogen and oxygen atoms in total. The predicted octanol–water partition coefficient (Wildman–Crippen LogP) is 3.47. The maximum Gasteiger partial charge on any atom is 0.170 e. The van der Waals surface area contributed by atoms with Crippen LogP contribution in [0.5, 0.6) is 0 Å². The Labute approximate surface area is 103 Å². The summed E-state index contributed by atoms with van der Waals surface area (Å²) in [5, 5.41) is 7.14. The first-order valence-corrected chi connectivity index (χ1v) is 6.17. The number of hydrogen-bond donors (Lipinski definition) is 2. The molecule has 1 unspecified atom stereocenters. The second-order valence-corrected chi connectivity index (χ2v) is 4.56. The Hall–Kier alpha value is -1.09. The van der Waals surface area contributed by atoms with Gasteiger partial charge in [0.05, 0.1) is 0 Å². The number of aryl methyl sites for hydroxylation is 1. The first-order valence-electron chi connectivity index (χ1n) is 5.76. The zero-order valence-electron chi connectivity index (χ0n) is 10.2. The Morgan fingerprint density at radius 1 is 1.31 bits per heavy atom. The van der Waals surface area contributed by atoms with Gasteiger partial charge in [-0.3, -0.25) is 0 Å². The minimum Gasteiger partial charge on any atom is -0.360 e. The first kappa shape index (κ1) is 13.0. The van der Waals surface area contributed by atoms with Crippen molar-refractivity contribution in [1.82, 2.24) is 5.32 Å². The maximum absolute atomic E-state index is 5.24. The van der Waals surface area contributed by atoms with E-state index in [1.165, 1.54) is 12.0 Å². The molecule has 16 heavy (non-hydrogen) atoms. The quantitative estimate of drug-likeness (QED) is 0.783. The standard InChI is InChI=1S/C13H20N2S/c1-4-5-11(3)14-13(16)15-12-8-6-10(2)7-9-12/h6-9,11H,4-5H2,1-3H3,(H2,14,15,16). The van der Waals surface area contributed by atoms with Gasteiger partial charge >= 0.3 is 0 Å². The Morgan fingerprint density at radius 3 is 2.50 bits per heavy atom. The van der Waals surface area contributed by atoms with Crippen LogP contribution in [0.1, 0.15) is 32.3 Å². The van der Waals surface area contributed by atoms with Crippen LogP contribution in [-0.4, -0.2) is 11.2 Å². The summed E-state index contributed by atoms with van der Waals surface area (Å²) in [6, 6.07) is 8.64. The van der Waals surface area contributed by atoms with Gasteiger partial charge in [-0.15, -0.1) is 0 Å². The lowest BCUT2D eigenvalue weighted by atomic mass is 10.2. The average Bonchev–Trinajstić information content (AvgIpc) is 2.21. The second-order valence-electron chi connectivity index (χ2n) is 4.15. The third-order valence-electron chi connectivity index (χ3n) is 2.41. The number of thiocarbonyl (C=S) groups is 1. The monoisotopic (exact) mass is 236 g/mol. The van der Waals surface area contributed by atoms with Crippen LogP contribution in [0, 0.1) is 6.92 Å². The highest BCUT2D eigenvalue weighted by atomic mass is 32.1. The molecule has 3 heteroatoms. The topological polar surface area (TPSA) is 24.1 Å². The molecule has 0 aliphatic heterocycles. The molecule has 0 spiro atoms. The third kappa shape index (κ3) is 4.62. The van der Waals surface area contributed by atoms with Gasteiger partial charge < -0.3 is 10.6 Å². The number of nitrogens with one attached hydrogen (secondary N) is 2. The zero-order valence-corrected chi connectivity index (χ0v) is 11.0. The fourth-order valence-electron chi connectivity index (χ4n) is 1.53. The molecule has 0 amide bonds. The molecule has 2 N–H and O–H groups in total. The van der Waals surface area contributed by atoms with Gasteiger partial charge in [-0.1, -0.05) is 31.0 Å². The van der Waals surface area contributed by atoms with E-state index < -0.39 is 0 Å². The predicted molar refractivity (Wildman–Crippen MR) is 74.9 cm³/mol. The van der Waals surface area contributed by atoms with Crippen LogP contribution in [0.4, 0.5) is 5.69 Å². The second kappa shape index (κ2) is 6.48. The average molecular weight is 236 g/mol. The molecule has 0 saturated carbocycles. The molecule has 0 saturated heterocycles. The molecule has 88 valence electrons. The van der Waals surface area contributed by atoms with E-state index in [0.29, 0.717) is 11.2 Å². The van der Waals surface area contributed by atoms with E-state index in [2.05, 4.69) is 43.5 Å². The van der Waals surface area contributed by atoms with E-state index in [-0.39, 0.29) is 0 Å². The minimum absolute atomic E-state index is 0.426. The maximum atomic E-state index is 5.24. The van der Waals surface area contributed by atoms with Crippen molar-refractivity contribution >= 4 is 23.0 Å². The highest BCUT2D eigenvalue weighted by Crippen LogP contribution is 2.08. The van der Waals surface area contributed by atoms with Gasteiger partial charge in [-0.05, 0) is 44.6 Å². The van der Waals surface area contributed by atoms with Crippen molar-refractivity contribution in [3.63, 3.8) is 0 Å². The van der Waals surface area contributed by atoms with Crippen molar-refractivity contribution in [2.24, 2.45) is 0 Å². The molecule has 0 radical (unpaired) electrons. The molecular weight excluding hydrogens is 216 g/mol. The summed E-state index contributed by atoms with van der Waals surface area (Å²) in [4.78, 5) is 0. The molecule has 0 aromatic heterocycles. The van der Waals surface area contributed by atoms with Crippen LogP contribution in [0.25, 0.3) is 0 Å². The van der Waals surface area contributed by atoms with Gasteiger partial charge in [-0.2, -0.15) is 0 Å². The van der Waals surface area contributed by atoms with Gasteiger partial charge in [0.15, 0.2) is 5.11 Å². The number of anilines is 1. The van der Waals surface area contributed by atoms with E-state index in [1.807, 2.05) is 12.1 Å². The highest BCUT2D eigenvalue weighted by Gasteiger charge is 2.02. The van der Waals surface area contributed by atoms with Gasteiger partial charge in [0.2, 0.25) is 0 Å². The number of benzene rings is 1. The third-order valence-corrected chi connectivity index (χ3v) is 2.63. The summed E-state index contributed by atoms with van der Waals surface area (Å²) < 4.78 is 0. The molecular formula is C13H20N2S. The normalized spacial score (nSPS) is 11.9. The van der Waals surface area contributed by atoms with E-state index >= 15 is 0 Å². The van der Waals surface area contributed by atoms with E-state index in [1.54, 1.807) is 0 Å². The van der Waals surface area contributed by atoms with Crippen molar-refractivity contribution in [1.29, 1.82) is 0 Å². The lowest BCUT2D eigenvalue weighted by Gasteiger charge is -2.16. The molecule has 1 aromatic rings. The number of rotatable bonds is 4. The molecule has 0 aliphatic carbocycles. The largest absolute Gasteiger partial charge is 0.360 e. The summed E-state index contributed by atoms with van der Waals surface area (Å²) in [6.07, 6.45) is 2.30. The van der Waals surface area contributed by atoms with Crippen molar-refractivity contribution in [2.45, 2.75) is 39.7 Å². The van der Waals surface area contributed by atoms with E-state index in [4.69, 9.17) is 12.2 Å². The molecule has 1 atom stereocenters. The molecule has 0 bridgehead atoms. The SMILES string of the molecule is CCCC(C)NC(=S)Nc1ccc(C)cc1. The van der Waals surface area contributed by atoms with Gasteiger partial charge in [-0.25, -0.2) is 0 Å². The molecule has 1 rings (SSSR count). The summed E-state index contributed by atoms with van der Waals surface area (Å²) in [5.74, 6) is 0. The first-order chi connectivity index (χ1) is 7.61. The van der Waals surface area contributed by atoms with E-state index in [0.717, 1.165) is 12.1 Å². The van der Waals surface area contributed by atoms with Gasteiger partial charge in [0.25, 0.3) is 0 Å². The van der Waals surface area contributed by atoms with Crippen LogP contribution in [0.3, 0.4) is 0 Å². The zero-order chi connectivity index (χ0) is 12.0. The molecule has 0 aliphatic rings. The molecule has 1 aromatic carbocycles. The fraction of sp³-hybridized carbons (Fsp3) is 0.462. The van der Waals surface area contributed by atoms with E-state index in [9.17, 15) is 0 Å². The van der Waals surface area contributed by atoms with Crippen molar-refractivity contribution in [3.8, 4) is 0 Å². The van der Waals surface area contributed by atoms with Crippen molar-refractivity contribution in [2.75, 3.05) is 5.32 Å². The number of hydrogen-bond acceptors (Lipinski definition) is 1. The summed E-state index contributed by atoms with van der Waals surface area (Å²) >= 11 is 5.24. The van der Waals surface area contributed by atoms with Crippen LogP contribution in [-0.2, 0) is 0 Å². The fourth-order valence-corrected chi connectivity index (χ4v) is 1.85. The molecule has 0 heterocycles. The lowest BCUT2D eigenvalue weighted by Crippen LogP contribution is -2.35. The van der Waals surface area contributed by atoms with Crippen molar-refractivity contribution < 1.29 is 0 Å². The van der Waals surface area contributed by atoms with Crippen LogP contribution >= 0.6 is 12.2 Å². The summed E-state index contributed by atoms with van der Waals surface area (Å²) in [6.45, 7) is 6.39. The lowest BCUT2D eigenvalue weighted by molar-refractivity contribution is 0.599. The van der Waals surface area contributed by atoms with Gasteiger partial charge in [0, 0.05) is 11.7 Å². The Morgan fingerprint density at radius 2 is 1.94 bits per heavy atom. The van der Waals surface area contributed by atoms with Crippen molar-refractivity contribution in [3.05, 3.63) is 29.8 Å². The summed E-state index contributed by atoms with van der Waals surface area (Å²) in [7, 11) is 0. The summed E-state index contributed by atoms with van der Waals surface area (Å²) in [5.41, 5.74) is 2.29. The van der Waals surface area contributed by atoms with Crippen LogP contribution < -0.4 is 10.6 Å². The van der Waals surface area contributed by atoms with Crippen LogP contribution in [0.15, 0.2) is 24.3 Å².